The van der Waals surface area contributed by atoms with Gasteiger partial charge in [0.1, 0.15) is 11.5 Å². The van der Waals surface area contributed by atoms with Gasteiger partial charge in [-0.3, -0.25) is 14.6 Å². The lowest BCUT2D eigenvalue weighted by Crippen LogP contribution is -2.26. The summed E-state index contributed by atoms with van der Waals surface area (Å²) in [4.78, 5) is 28.6. The fraction of sp³-hybridized carbons (Fsp3) is 0.0952. The Morgan fingerprint density at radius 3 is 2.29 bits per heavy atom. The number of amides is 2. The van der Waals surface area contributed by atoms with Gasteiger partial charge in [-0.25, -0.2) is 4.39 Å². The zero-order valence-electron chi connectivity index (χ0n) is 14.8. The summed E-state index contributed by atoms with van der Waals surface area (Å²) in [6, 6.07) is 16.3. The maximum Gasteiger partial charge on any atom is 0.270 e. The largest absolute Gasteiger partial charge is 0.348 e. The third-order valence-corrected chi connectivity index (χ3v) is 4.42. The van der Waals surface area contributed by atoms with Crippen molar-refractivity contribution < 1.29 is 14.0 Å². The number of halogens is 2. The predicted molar refractivity (Wildman–Crippen MR) is 104 cm³/mol. The molecule has 2 N–H and O–H groups in total. The van der Waals surface area contributed by atoms with Crippen LogP contribution in [0.25, 0.3) is 0 Å². The molecule has 1 heterocycles. The highest BCUT2D eigenvalue weighted by Crippen LogP contribution is 2.14. The van der Waals surface area contributed by atoms with E-state index in [1.54, 1.807) is 24.3 Å². The Morgan fingerprint density at radius 2 is 1.54 bits per heavy atom. The fourth-order valence-corrected chi connectivity index (χ4v) is 2.73. The monoisotopic (exact) mass is 397 g/mol. The molecule has 0 atom stereocenters. The summed E-state index contributed by atoms with van der Waals surface area (Å²) in [7, 11) is 0. The third kappa shape index (κ3) is 4.92. The van der Waals surface area contributed by atoms with Gasteiger partial charge in [0.15, 0.2) is 0 Å². The second kappa shape index (κ2) is 9.10. The molecule has 3 aromatic rings. The Hall–Kier alpha value is -3.25. The normalized spacial score (nSPS) is 10.4. The molecule has 0 saturated carbocycles. The summed E-state index contributed by atoms with van der Waals surface area (Å²) in [5.74, 6) is -1.25. The lowest BCUT2D eigenvalue weighted by atomic mass is 10.1. The van der Waals surface area contributed by atoms with Gasteiger partial charge in [0.05, 0.1) is 0 Å². The van der Waals surface area contributed by atoms with Gasteiger partial charge in [-0.05, 0) is 29.8 Å². The minimum atomic E-state index is -0.496. The first-order valence-corrected chi connectivity index (χ1v) is 8.91. The molecule has 0 aliphatic heterocycles. The number of rotatable bonds is 6. The molecule has 3 rings (SSSR count). The molecule has 0 spiro atoms. The van der Waals surface area contributed by atoms with Crippen molar-refractivity contribution in [3.05, 3.63) is 100 Å². The second-order valence-electron chi connectivity index (χ2n) is 5.98. The highest BCUT2D eigenvalue weighted by Gasteiger charge is 2.13. The molecule has 2 aromatic carbocycles. The summed E-state index contributed by atoms with van der Waals surface area (Å²) >= 11 is 6.08. The quantitative estimate of drug-likeness (QED) is 0.665. The molecule has 0 aliphatic carbocycles. The van der Waals surface area contributed by atoms with E-state index >= 15 is 0 Å². The fourth-order valence-electron chi connectivity index (χ4n) is 2.52. The van der Waals surface area contributed by atoms with Crippen molar-refractivity contribution in [2.75, 3.05) is 0 Å². The van der Waals surface area contributed by atoms with Crippen LogP contribution in [-0.4, -0.2) is 16.8 Å². The first-order chi connectivity index (χ1) is 13.5. The Morgan fingerprint density at radius 1 is 0.893 bits per heavy atom. The van der Waals surface area contributed by atoms with Gasteiger partial charge < -0.3 is 10.6 Å². The van der Waals surface area contributed by atoms with E-state index in [9.17, 15) is 14.0 Å². The number of carbonyl (C=O) groups excluding carboxylic acids is 2. The molecule has 142 valence electrons. The zero-order chi connectivity index (χ0) is 19.9. The number of nitrogens with zero attached hydrogens (tertiary/aromatic N) is 1. The van der Waals surface area contributed by atoms with E-state index in [2.05, 4.69) is 15.6 Å². The Labute approximate surface area is 166 Å². The van der Waals surface area contributed by atoms with Crippen molar-refractivity contribution in [3.8, 4) is 0 Å². The average molecular weight is 398 g/mol. The summed E-state index contributed by atoms with van der Waals surface area (Å²) in [6.07, 6.45) is 1.38. The van der Waals surface area contributed by atoms with E-state index in [-0.39, 0.29) is 30.3 Å². The Balaban J connectivity index is 1.62. The second-order valence-corrected chi connectivity index (χ2v) is 6.39. The predicted octanol–water partition coefficient (Wildman–Crippen LogP) is 3.73. The van der Waals surface area contributed by atoms with Crippen LogP contribution in [0.3, 0.4) is 0 Å². The van der Waals surface area contributed by atoms with Crippen LogP contribution in [0, 0.1) is 5.82 Å². The van der Waals surface area contributed by atoms with Crippen molar-refractivity contribution in [2.45, 2.75) is 13.1 Å². The molecule has 2 amide bonds. The van der Waals surface area contributed by atoms with Crippen molar-refractivity contribution in [1.29, 1.82) is 0 Å². The number of nitrogens with one attached hydrogen (secondary N) is 2. The van der Waals surface area contributed by atoms with Gasteiger partial charge >= 0.3 is 0 Å². The molecule has 28 heavy (non-hydrogen) atoms. The summed E-state index contributed by atoms with van der Waals surface area (Å²) < 4.78 is 13.6. The molecule has 0 saturated heterocycles. The zero-order valence-corrected chi connectivity index (χ0v) is 15.5. The van der Waals surface area contributed by atoms with E-state index in [4.69, 9.17) is 11.6 Å². The number of pyridine rings is 1. The minimum absolute atomic E-state index is 0.0239. The number of benzene rings is 2. The molecule has 0 bridgehead atoms. The lowest BCUT2D eigenvalue weighted by molar-refractivity contribution is 0.0945. The van der Waals surface area contributed by atoms with Crippen LogP contribution in [0.5, 0.6) is 0 Å². The number of hydrogen-bond donors (Lipinski definition) is 2. The topological polar surface area (TPSA) is 71.1 Å². The van der Waals surface area contributed by atoms with Crippen molar-refractivity contribution >= 4 is 23.4 Å². The lowest BCUT2D eigenvalue weighted by Gasteiger charge is -2.09. The minimum Gasteiger partial charge on any atom is -0.348 e. The molecule has 0 aliphatic rings. The highest BCUT2D eigenvalue weighted by molar-refractivity contribution is 6.31. The maximum atomic E-state index is 13.6. The summed E-state index contributed by atoms with van der Waals surface area (Å²) in [6.45, 7) is 0.283. The van der Waals surface area contributed by atoms with E-state index < -0.39 is 11.7 Å². The number of hydrogen-bond acceptors (Lipinski definition) is 3. The van der Waals surface area contributed by atoms with Crippen LogP contribution in [0.4, 0.5) is 4.39 Å². The maximum absolute atomic E-state index is 13.6. The molecular weight excluding hydrogens is 381 g/mol. The van der Waals surface area contributed by atoms with Gasteiger partial charge in [-0.1, -0.05) is 48.0 Å². The van der Waals surface area contributed by atoms with Gasteiger partial charge in [0, 0.05) is 35.4 Å². The highest BCUT2D eigenvalue weighted by atomic mass is 35.5. The molecule has 0 unspecified atom stereocenters. The summed E-state index contributed by atoms with van der Waals surface area (Å²) in [5, 5.41) is 5.91. The smallest absolute Gasteiger partial charge is 0.270 e. The first-order valence-electron chi connectivity index (χ1n) is 8.54. The standard InChI is InChI=1S/C21H17ClFN3O2/c22-17-7-3-1-5-15(17)12-25-20(27)14-9-10-24-19(11-14)21(28)26-13-16-6-2-4-8-18(16)23/h1-11H,12-13H2,(H,25,27)(H,26,28). The van der Waals surface area contributed by atoms with Gasteiger partial charge in [0.2, 0.25) is 0 Å². The van der Waals surface area contributed by atoms with Gasteiger partial charge in [-0.15, -0.1) is 0 Å². The summed E-state index contributed by atoms with van der Waals surface area (Å²) in [5.41, 5.74) is 1.51. The molecule has 0 radical (unpaired) electrons. The molecule has 5 nitrogen and oxygen atoms in total. The van der Waals surface area contributed by atoms with Crippen LogP contribution < -0.4 is 10.6 Å². The van der Waals surface area contributed by atoms with Crippen LogP contribution in [-0.2, 0) is 13.1 Å². The SMILES string of the molecule is O=C(NCc1ccccc1Cl)c1ccnc(C(=O)NCc2ccccc2F)c1. The Kier molecular flexibility index (Phi) is 6.34. The van der Waals surface area contributed by atoms with E-state index in [0.717, 1.165) is 5.56 Å². The van der Waals surface area contributed by atoms with Crippen molar-refractivity contribution in [3.63, 3.8) is 0 Å². The van der Waals surface area contributed by atoms with Crippen LogP contribution in [0.1, 0.15) is 32.0 Å². The van der Waals surface area contributed by atoms with E-state index in [1.165, 1.54) is 24.4 Å². The Bertz CT molecular complexity index is 933. The van der Waals surface area contributed by atoms with Gasteiger partial charge in [0.25, 0.3) is 11.8 Å². The number of aromatic nitrogens is 1. The van der Waals surface area contributed by atoms with Gasteiger partial charge in [-0.2, -0.15) is 0 Å². The average Bonchev–Trinajstić information content (AvgIpc) is 2.72. The van der Waals surface area contributed by atoms with Crippen molar-refractivity contribution in [1.82, 2.24) is 15.6 Å². The van der Waals surface area contributed by atoms with Crippen LogP contribution in [0.2, 0.25) is 5.02 Å². The van der Waals surface area contributed by atoms with Crippen molar-refractivity contribution in [2.24, 2.45) is 0 Å². The molecule has 7 heteroatoms. The molecule has 1 aromatic heterocycles. The number of carbonyl (C=O) groups is 2. The van der Waals surface area contributed by atoms with E-state index in [1.807, 2.05) is 18.2 Å². The first kappa shape index (κ1) is 19.5. The molecular formula is C21H17ClFN3O2. The van der Waals surface area contributed by atoms with E-state index in [0.29, 0.717) is 10.6 Å². The third-order valence-electron chi connectivity index (χ3n) is 4.05. The van der Waals surface area contributed by atoms with Crippen LogP contribution >= 0.6 is 11.6 Å². The molecule has 0 fully saturated rings. The van der Waals surface area contributed by atoms with Crippen LogP contribution in [0.15, 0.2) is 66.9 Å².